The van der Waals surface area contributed by atoms with Gasteiger partial charge in [0.05, 0.1) is 0 Å². The summed E-state index contributed by atoms with van der Waals surface area (Å²) in [6.45, 7) is 11.9. The monoisotopic (exact) mass is 228 g/mol. The van der Waals surface area contributed by atoms with Crippen molar-refractivity contribution in [2.45, 2.75) is 59.4 Å². The maximum Gasteiger partial charge on any atom is 0.220 e. The van der Waals surface area contributed by atoms with Gasteiger partial charge in [0.15, 0.2) is 0 Å². The van der Waals surface area contributed by atoms with Crippen LogP contribution in [0.5, 0.6) is 0 Å². The highest BCUT2D eigenvalue weighted by atomic mass is 16.1. The van der Waals surface area contributed by atoms with Crippen molar-refractivity contribution in [1.29, 1.82) is 0 Å². The van der Waals surface area contributed by atoms with Crippen LogP contribution in [0.2, 0.25) is 0 Å². The average Bonchev–Trinajstić information content (AvgIpc) is 2.24. The van der Waals surface area contributed by atoms with E-state index in [2.05, 4.69) is 31.0 Å². The molecule has 0 aromatic rings. The van der Waals surface area contributed by atoms with E-state index in [1.54, 1.807) is 0 Å². The van der Waals surface area contributed by atoms with Crippen LogP contribution in [0.25, 0.3) is 0 Å². The van der Waals surface area contributed by atoms with Gasteiger partial charge in [-0.3, -0.25) is 4.79 Å². The molecule has 0 fully saturated rings. The Morgan fingerprint density at radius 2 is 1.88 bits per heavy atom. The molecular formula is C13H28N2O. The third-order valence-corrected chi connectivity index (χ3v) is 2.89. The van der Waals surface area contributed by atoms with Crippen LogP contribution in [-0.2, 0) is 4.79 Å². The van der Waals surface area contributed by atoms with Crippen molar-refractivity contribution in [3.05, 3.63) is 0 Å². The Kier molecular flexibility index (Phi) is 9.30. The van der Waals surface area contributed by atoms with Crippen molar-refractivity contribution in [3.8, 4) is 0 Å². The van der Waals surface area contributed by atoms with Gasteiger partial charge in [0, 0.05) is 12.5 Å². The molecule has 0 saturated heterocycles. The lowest BCUT2D eigenvalue weighted by Crippen LogP contribution is -2.33. The normalized spacial score (nSPS) is 12.8. The molecular weight excluding hydrogens is 200 g/mol. The number of hydrogen-bond donors (Lipinski definition) is 1. The summed E-state index contributed by atoms with van der Waals surface area (Å²) >= 11 is 0. The highest BCUT2D eigenvalue weighted by Gasteiger charge is 2.06. The fraction of sp³-hybridized carbons (Fsp3) is 0.923. The zero-order valence-corrected chi connectivity index (χ0v) is 11.4. The van der Waals surface area contributed by atoms with Gasteiger partial charge < -0.3 is 10.2 Å². The molecule has 1 amide bonds. The molecule has 0 aromatic carbocycles. The second-order valence-corrected chi connectivity index (χ2v) is 4.39. The number of carbonyl (C=O) groups is 1. The van der Waals surface area contributed by atoms with E-state index < -0.39 is 0 Å². The molecule has 0 rings (SSSR count). The summed E-state index contributed by atoms with van der Waals surface area (Å²) < 4.78 is 0. The summed E-state index contributed by atoms with van der Waals surface area (Å²) in [6.07, 6.45) is 3.82. The van der Waals surface area contributed by atoms with Gasteiger partial charge in [-0.15, -0.1) is 0 Å². The van der Waals surface area contributed by atoms with Gasteiger partial charge in [0.2, 0.25) is 5.91 Å². The number of hydrogen-bond acceptors (Lipinski definition) is 2. The van der Waals surface area contributed by atoms with E-state index in [1.165, 1.54) is 0 Å². The zero-order chi connectivity index (χ0) is 12.4. The third-order valence-electron chi connectivity index (χ3n) is 2.89. The molecule has 0 bridgehead atoms. The van der Waals surface area contributed by atoms with Gasteiger partial charge in [-0.25, -0.2) is 0 Å². The van der Waals surface area contributed by atoms with Crippen molar-refractivity contribution in [3.63, 3.8) is 0 Å². The predicted octanol–water partition coefficient (Wildman–Crippen LogP) is 2.41. The first-order valence-electron chi connectivity index (χ1n) is 6.65. The van der Waals surface area contributed by atoms with Crippen LogP contribution in [0.4, 0.5) is 0 Å². The van der Waals surface area contributed by atoms with Gasteiger partial charge in [0.1, 0.15) is 0 Å². The summed E-state index contributed by atoms with van der Waals surface area (Å²) in [5, 5.41) is 3.03. The molecule has 96 valence electrons. The molecule has 16 heavy (non-hydrogen) atoms. The third kappa shape index (κ3) is 7.69. The van der Waals surface area contributed by atoms with Crippen molar-refractivity contribution < 1.29 is 4.79 Å². The second-order valence-electron chi connectivity index (χ2n) is 4.39. The Bertz CT molecular complexity index is 179. The molecule has 1 atom stereocenters. The predicted molar refractivity (Wildman–Crippen MR) is 69.5 cm³/mol. The summed E-state index contributed by atoms with van der Waals surface area (Å²) in [5.41, 5.74) is 0. The fourth-order valence-electron chi connectivity index (χ4n) is 1.81. The Morgan fingerprint density at radius 1 is 1.25 bits per heavy atom. The molecule has 0 radical (unpaired) electrons. The van der Waals surface area contributed by atoms with Crippen molar-refractivity contribution >= 4 is 5.91 Å². The van der Waals surface area contributed by atoms with Crippen LogP contribution in [-0.4, -0.2) is 36.5 Å². The first-order valence-corrected chi connectivity index (χ1v) is 6.65. The van der Waals surface area contributed by atoms with Crippen LogP contribution in [0.3, 0.4) is 0 Å². The topological polar surface area (TPSA) is 32.3 Å². The summed E-state index contributed by atoms with van der Waals surface area (Å²) in [4.78, 5) is 13.8. The van der Waals surface area contributed by atoms with E-state index in [9.17, 15) is 4.79 Å². The van der Waals surface area contributed by atoms with Crippen molar-refractivity contribution in [1.82, 2.24) is 10.2 Å². The molecule has 0 saturated carbocycles. The lowest BCUT2D eigenvalue weighted by atomic mass is 10.1. The quantitative estimate of drug-likeness (QED) is 0.657. The van der Waals surface area contributed by atoms with Gasteiger partial charge >= 0.3 is 0 Å². The van der Waals surface area contributed by atoms with E-state index in [1.807, 2.05) is 6.92 Å². The van der Waals surface area contributed by atoms with E-state index in [0.29, 0.717) is 12.5 Å². The summed E-state index contributed by atoms with van der Waals surface area (Å²) in [6, 6.07) is 0.314. The van der Waals surface area contributed by atoms with Gasteiger partial charge in [-0.05, 0) is 45.8 Å². The molecule has 1 N–H and O–H groups in total. The van der Waals surface area contributed by atoms with Crippen LogP contribution in [0.1, 0.15) is 53.4 Å². The van der Waals surface area contributed by atoms with Crippen LogP contribution in [0.15, 0.2) is 0 Å². The zero-order valence-electron chi connectivity index (χ0n) is 11.4. The number of carbonyl (C=O) groups excluding carboxylic acids is 1. The maximum atomic E-state index is 11.3. The smallest absolute Gasteiger partial charge is 0.220 e. The van der Waals surface area contributed by atoms with Gasteiger partial charge in [-0.1, -0.05) is 20.8 Å². The maximum absolute atomic E-state index is 11.3. The molecule has 0 spiro atoms. The molecule has 0 aromatic heterocycles. The fourth-order valence-corrected chi connectivity index (χ4v) is 1.81. The van der Waals surface area contributed by atoms with E-state index in [4.69, 9.17) is 0 Å². The molecule has 3 heteroatoms. The molecule has 0 aliphatic rings. The summed E-state index contributed by atoms with van der Waals surface area (Å²) in [5.74, 6) is 0.192. The minimum Gasteiger partial charge on any atom is -0.354 e. The first-order chi connectivity index (χ1) is 7.63. The molecule has 3 nitrogen and oxygen atoms in total. The Morgan fingerprint density at radius 3 is 2.38 bits per heavy atom. The van der Waals surface area contributed by atoms with E-state index >= 15 is 0 Å². The van der Waals surface area contributed by atoms with Gasteiger partial charge in [0.25, 0.3) is 0 Å². The minimum absolute atomic E-state index is 0.192. The Labute approximate surface area is 101 Å². The number of amides is 1. The van der Waals surface area contributed by atoms with Crippen molar-refractivity contribution in [2.75, 3.05) is 19.6 Å². The van der Waals surface area contributed by atoms with Crippen LogP contribution < -0.4 is 5.32 Å². The second kappa shape index (κ2) is 9.64. The van der Waals surface area contributed by atoms with E-state index in [0.717, 1.165) is 38.9 Å². The van der Waals surface area contributed by atoms with Crippen LogP contribution >= 0.6 is 0 Å². The molecule has 0 heterocycles. The molecule has 1 unspecified atom stereocenters. The molecule has 0 aliphatic heterocycles. The number of nitrogens with zero attached hydrogens (tertiary/aromatic N) is 1. The van der Waals surface area contributed by atoms with Crippen molar-refractivity contribution in [2.24, 2.45) is 0 Å². The number of nitrogens with one attached hydrogen (secondary N) is 1. The SMILES string of the molecule is CCCC(=O)NC(C)CCCN(CC)CC. The lowest BCUT2D eigenvalue weighted by molar-refractivity contribution is -0.121. The lowest BCUT2D eigenvalue weighted by Gasteiger charge is -2.19. The first kappa shape index (κ1) is 15.4. The largest absolute Gasteiger partial charge is 0.354 e. The average molecular weight is 228 g/mol. The van der Waals surface area contributed by atoms with Gasteiger partial charge in [-0.2, -0.15) is 0 Å². The Balaban J connectivity index is 3.56. The standard InChI is InChI=1S/C13H28N2O/c1-5-9-13(16)14-12(4)10-8-11-15(6-2)7-3/h12H,5-11H2,1-4H3,(H,14,16). The highest BCUT2D eigenvalue weighted by molar-refractivity contribution is 5.76. The van der Waals surface area contributed by atoms with Crippen LogP contribution in [0, 0.1) is 0 Å². The minimum atomic E-state index is 0.192. The Hall–Kier alpha value is -0.570. The molecule has 0 aliphatic carbocycles. The van der Waals surface area contributed by atoms with E-state index in [-0.39, 0.29) is 5.91 Å². The summed E-state index contributed by atoms with van der Waals surface area (Å²) in [7, 11) is 0. The number of rotatable bonds is 9. The highest BCUT2D eigenvalue weighted by Crippen LogP contribution is 2.00.